The van der Waals surface area contributed by atoms with Gasteiger partial charge in [0.05, 0.1) is 14.2 Å². The van der Waals surface area contributed by atoms with Gasteiger partial charge in [-0.25, -0.2) is 0 Å². The summed E-state index contributed by atoms with van der Waals surface area (Å²) in [6, 6.07) is 12.1. The van der Waals surface area contributed by atoms with E-state index < -0.39 is 0 Å². The van der Waals surface area contributed by atoms with Crippen LogP contribution in [0, 0.1) is 0 Å². The van der Waals surface area contributed by atoms with E-state index in [0.29, 0.717) is 22.7 Å². The number of amides is 1. The zero-order valence-electron chi connectivity index (χ0n) is 13.8. The van der Waals surface area contributed by atoms with Gasteiger partial charge in [-0.15, -0.1) is 0 Å². The van der Waals surface area contributed by atoms with Crippen LogP contribution in [-0.2, 0) is 4.79 Å². The van der Waals surface area contributed by atoms with Crippen molar-refractivity contribution in [3.05, 3.63) is 59.7 Å². The first-order valence-electron chi connectivity index (χ1n) is 7.35. The molecule has 5 nitrogen and oxygen atoms in total. The maximum absolute atomic E-state index is 12.0. The number of benzene rings is 2. The highest BCUT2D eigenvalue weighted by Crippen LogP contribution is 2.25. The van der Waals surface area contributed by atoms with E-state index >= 15 is 0 Å². The quantitative estimate of drug-likeness (QED) is 0.651. The van der Waals surface area contributed by atoms with Crippen LogP contribution in [0.3, 0.4) is 0 Å². The van der Waals surface area contributed by atoms with E-state index in [-0.39, 0.29) is 11.7 Å². The Morgan fingerprint density at radius 3 is 2.29 bits per heavy atom. The molecule has 0 unspecified atom stereocenters. The summed E-state index contributed by atoms with van der Waals surface area (Å²) in [5.41, 5.74) is 1.99. The van der Waals surface area contributed by atoms with Gasteiger partial charge in [0.25, 0.3) is 0 Å². The molecule has 0 saturated heterocycles. The zero-order chi connectivity index (χ0) is 17.5. The number of rotatable bonds is 6. The summed E-state index contributed by atoms with van der Waals surface area (Å²) < 4.78 is 10.4. The minimum Gasteiger partial charge on any atom is -0.497 e. The molecule has 2 aromatic carbocycles. The molecular formula is C19H19NO4. The lowest BCUT2D eigenvalue weighted by Crippen LogP contribution is -2.07. The van der Waals surface area contributed by atoms with Crippen LogP contribution in [0.2, 0.25) is 0 Å². The number of Topliss-reactive ketones (excluding diaryl/α,β-unsaturated/α-hetero) is 1. The third-order valence-electron chi connectivity index (χ3n) is 3.41. The summed E-state index contributed by atoms with van der Waals surface area (Å²) in [7, 11) is 3.14. The second-order valence-electron chi connectivity index (χ2n) is 5.06. The highest BCUT2D eigenvalue weighted by molar-refractivity contribution is 6.02. The Balaban J connectivity index is 2.06. The molecule has 1 N–H and O–H groups in total. The molecule has 0 radical (unpaired) electrons. The van der Waals surface area contributed by atoms with Crippen LogP contribution in [0.5, 0.6) is 11.5 Å². The first kappa shape index (κ1) is 17.3. The molecule has 5 heteroatoms. The predicted molar refractivity (Wildman–Crippen MR) is 93.7 cm³/mol. The molecule has 24 heavy (non-hydrogen) atoms. The molecule has 0 fully saturated rings. The van der Waals surface area contributed by atoms with Crippen molar-refractivity contribution in [2.75, 3.05) is 19.5 Å². The number of hydrogen-bond acceptors (Lipinski definition) is 4. The molecule has 1 amide bonds. The minimum absolute atomic E-state index is 0.0145. The Hall–Kier alpha value is -3.08. The van der Waals surface area contributed by atoms with Gasteiger partial charge < -0.3 is 14.8 Å². The number of anilines is 1. The lowest BCUT2D eigenvalue weighted by Gasteiger charge is -2.07. The fourth-order valence-corrected chi connectivity index (χ4v) is 2.09. The van der Waals surface area contributed by atoms with Gasteiger partial charge in [-0.05, 0) is 49.4 Å². The zero-order valence-corrected chi connectivity index (χ0v) is 13.8. The van der Waals surface area contributed by atoms with Crippen molar-refractivity contribution in [2.45, 2.75) is 6.92 Å². The van der Waals surface area contributed by atoms with Crippen LogP contribution in [0.4, 0.5) is 5.69 Å². The average molecular weight is 325 g/mol. The molecule has 0 aliphatic rings. The van der Waals surface area contributed by atoms with Crippen molar-refractivity contribution < 1.29 is 19.1 Å². The van der Waals surface area contributed by atoms with Gasteiger partial charge in [-0.2, -0.15) is 0 Å². The third kappa shape index (κ3) is 4.46. The van der Waals surface area contributed by atoms with E-state index in [4.69, 9.17) is 9.47 Å². The molecule has 2 rings (SSSR count). The molecule has 0 aliphatic carbocycles. The predicted octanol–water partition coefficient (Wildman–Crippen LogP) is 3.56. The first-order valence-corrected chi connectivity index (χ1v) is 7.35. The van der Waals surface area contributed by atoms with Crippen molar-refractivity contribution in [1.29, 1.82) is 0 Å². The monoisotopic (exact) mass is 325 g/mol. The third-order valence-corrected chi connectivity index (χ3v) is 3.41. The van der Waals surface area contributed by atoms with Crippen LogP contribution in [0.1, 0.15) is 22.8 Å². The molecule has 0 saturated carbocycles. The lowest BCUT2D eigenvalue weighted by atomic mass is 10.1. The summed E-state index contributed by atoms with van der Waals surface area (Å²) in [6.07, 6.45) is 3.08. The second-order valence-corrected chi connectivity index (χ2v) is 5.06. The number of carbonyl (C=O) groups is 2. The SMILES string of the molecule is COc1ccc(/C=C/C(=O)Nc2ccc(C(C)=O)cc2)c(OC)c1. The van der Waals surface area contributed by atoms with Gasteiger partial charge >= 0.3 is 0 Å². The maximum atomic E-state index is 12.0. The van der Waals surface area contributed by atoms with Crippen molar-refractivity contribution >= 4 is 23.5 Å². The Morgan fingerprint density at radius 2 is 1.71 bits per heavy atom. The fourth-order valence-electron chi connectivity index (χ4n) is 2.09. The van der Waals surface area contributed by atoms with Crippen molar-refractivity contribution in [3.8, 4) is 11.5 Å². The number of ketones is 1. The number of hydrogen-bond donors (Lipinski definition) is 1. The Labute approximate surface area is 140 Å². The van der Waals surface area contributed by atoms with Gasteiger partial charge in [0.2, 0.25) is 5.91 Å². The van der Waals surface area contributed by atoms with Gasteiger partial charge in [-0.1, -0.05) is 0 Å². The van der Waals surface area contributed by atoms with Crippen LogP contribution in [0.25, 0.3) is 6.08 Å². The normalized spacial score (nSPS) is 10.5. The molecule has 0 bridgehead atoms. The fraction of sp³-hybridized carbons (Fsp3) is 0.158. The number of methoxy groups -OCH3 is 2. The topological polar surface area (TPSA) is 64.6 Å². The molecule has 0 aromatic heterocycles. The molecule has 124 valence electrons. The summed E-state index contributed by atoms with van der Waals surface area (Å²) in [4.78, 5) is 23.2. The Bertz CT molecular complexity index is 763. The summed E-state index contributed by atoms with van der Waals surface area (Å²) >= 11 is 0. The van der Waals surface area contributed by atoms with Crippen molar-refractivity contribution in [1.82, 2.24) is 0 Å². The van der Waals surface area contributed by atoms with E-state index in [1.165, 1.54) is 13.0 Å². The number of ether oxygens (including phenoxy) is 2. The van der Waals surface area contributed by atoms with Crippen molar-refractivity contribution in [3.63, 3.8) is 0 Å². The smallest absolute Gasteiger partial charge is 0.248 e. The van der Waals surface area contributed by atoms with Crippen LogP contribution in [-0.4, -0.2) is 25.9 Å². The molecule has 0 aliphatic heterocycles. The highest BCUT2D eigenvalue weighted by Gasteiger charge is 2.04. The maximum Gasteiger partial charge on any atom is 0.248 e. The van der Waals surface area contributed by atoms with E-state index in [1.54, 1.807) is 56.7 Å². The minimum atomic E-state index is -0.275. The lowest BCUT2D eigenvalue weighted by molar-refractivity contribution is -0.111. The highest BCUT2D eigenvalue weighted by atomic mass is 16.5. The molecule has 0 spiro atoms. The largest absolute Gasteiger partial charge is 0.497 e. The van der Waals surface area contributed by atoms with E-state index in [2.05, 4.69) is 5.32 Å². The van der Waals surface area contributed by atoms with Gasteiger partial charge in [0, 0.05) is 29.0 Å². The van der Waals surface area contributed by atoms with Gasteiger partial charge in [0.1, 0.15) is 11.5 Å². The number of nitrogens with one attached hydrogen (secondary N) is 1. The molecule has 0 heterocycles. The van der Waals surface area contributed by atoms with E-state index in [0.717, 1.165) is 5.56 Å². The summed E-state index contributed by atoms with van der Waals surface area (Å²) in [5.74, 6) is 1.01. The van der Waals surface area contributed by atoms with Crippen LogP contribution in [0.15, 0.2) is 48.5 Å². The Kier molecular flexibility index (Phi) is 5.73. The van der Waals surface area contributed by atoms with Crippen molar-refractivity contribution in [2.24, 2.45) is 0 Å². The summed E-state index contributed by atoms with van der Waals surface area (Å²) in [6.45, 7) is 1.50. The van der Waals surface area contributed by atoms with Gasteiger partial charge in [0.15, 0.2) is 5.78 Å². The standard InChI is InChI=1S/C19H19NO4/c1-13(21)14-4-8-16(9-5-14)20-19(22)11-7-15-6-10-17(23-2)12-18(15)24-3/h4-12H,1-3H3,(H,20,22)/b11-7+. The Morgan fingerprint density at radius 1 is 1.00 bits per heavy atom. The number of carbonyl (C=O) groups excluding carboxylic acids is 2. The average Bonchev–Trinajstić information content (AvgIpc) is 2.60. The van der Waals surface area contributed by atoms with E-state index in [9.17, 15) is 9.59 Å². The molecule has 2 aromatic rings. The molecule has 0 atom stereocenters. The van der Waals surface area contributed by atoms with Crippen LogP contribution < -0.4 is 14.8 Å². The first-order chi connectivity index (χ1) is 11.5. The van der Waals surface area contributed by atoms with Gasteiger partial charge in [-0.3, -0.25) is 9.59 Å². The molecular weight excluding hydrogens is 306 g/mol. The second kappa shape index (κ2) is 7.97. The summed E-state index contributed by atoms with van der Waals surface area (Å²) in [5, 5.41) is 2.74. The van der Waals surface area contributed by atoms with E-state index in [1.807, 2.05) is 6.07 Å². The van der Waals surface area contributed by atoms with Crippen LogP contribution >= 0.6 is 0 Å².